The Hall–Kier alpha value is -2.77. The lowest BCUT2D eigenvalue weighted by molar-refractivity contribution is -0.113. The quantitative estimate of drug-likeness (QED) is 0.620. The van der Waals surface area contributed by atoms with Crippen LogP contribution in [0.1, 0.15) is 10.4 Å². The highest BCUT2D eigenvalue weighted by molar-refractivity contribution is 7.99. The van der Waals surface area contributed by atoms with Crippen molar-refractivity contribution in [3.63, 3.8) is 0 Å². The van der Waals surface area contributed by atoms with Gasteiger partial charge in [0.15, 0.2) is 5.16 Å². The number of aromatic nitrogens is 2. The standard InChI is InChI=1S/C20H19ClN4O2S/c1-24(2)19(27)14-6-8-16(9-7-14)23-18(26)13-28-20-22-10-11-25(20)17-5-3-4-15(21)12-17/h3-12H,13H2,1-2H3,(H,23,26). The minimum absolute atomic E-state index is 0.0821. The SMILES string of the molecule is CN(C)C(=O)c1ccc(NC(=O)CSc2nccn2-c2cccc(Cl)c2)cc1. The first kappa shape index (κ1) is 20.0. The topological polar surface area (TPSA) is 67.2 Å². The molecule has 2 amide bonds. The molecule has 0 unspecified atom stereocenters. The molecule has 2 aromatic carbocycles. The van der Waals surface area contributed by atoms with Crippen molar-refractivity contribution < 1.29 is 9.59 Å². The van der Waals surface area contributed by atoms with Gasteiger partial charge in [-0.2, -0.15) is 0 Å². The lowest BCUT2D eigenvalue weighted by Gasteiger charge is -2.11. The Morgan fingerprint density at radius 1 is 1.18 bits per heavy atom. The molecule has 3 aromatic rings. The molecular weight excluding hydrogens is 396 g/mol. The molecule has 0 saturated carbocycles. The number of nitrogens with zero attached hydrogens (tertiary/aromatic N) is 3. The van der Waals surface area contributed by atoms with Crippen LogP contribution in [0.3, 0.4) is 0 Å². The van der Waals surface area contributed by atoms with Gasteiger partial charge in [-0.05, 0) is 42.5 Å². The number of benzene rings is 2. The smallest absolute Gasteiger partial charge is 0.253 e. The van der Waals surface area contributed by atoms with Gasteiger partial charge in [0.2, 0.25) is 5.91 Å². The van der Waals surface area contributed by atoms with Gasteiger partial charge in [-0.1, -0.05) is 29.4 Å². The summed E-state index contributed by atoms with van der Waals surface area (Å²) in [5.41, 5.74) is 2.09. The van der Waals surface area contributed by atoms with E-state index in [-0.39, 0.29) is 17.6 Å². The Bertz CT molecular complexity index is 986. The molecule has 1 N–H and O–H groups in total. The van der Waals surface area contributed by atoms with Crippen LogP contribution in [0.15, 0.2) is 66.1 Å². The molecule has 0 fully saturated rings. The summed E-state index contributed by atoms with van der Waals surface area (Å²) < 4.78 is 1.88. The lowest BCUT2D eigenvalue weighted by atomic mass is 10.2. The van der Waals surface area contributed by atoms with E-state index in [4.69, 9.17) is 11.6 Å². The molecule has 8 heteroatoms. The first-order valence-electron chi connectivity index (χ1n) is 8.47. The number of carbonyl (C=O) groups is 2. The first-order chi connectivity index (χ1) is 13.4. The van der Waals surface area contributed by atoms with Crippen molar-refractivity contribution in [2.24, 2.45) is 0 Å². The van der Waals surface area contributed by atoms with E-state index in [1.54, 1.807) is 50.6 Å². The number of halogens is 1. The van der Waals surface area contributed by atoms with Crippen molar-refractivity contribution in [3.05, 3.63) is 71.5 Å². The zero-order chi connectivity index (χ0) is 20.1. The number of carbonyl (C=O) groups excluding carboxylic acids is 2. The molecule has 0 spiro atoms. The van der Waals surface area contributed by atoms with Crippen LogP contribution >= 0.6 is 23.4 Å². The summed E-state index contributed by atoms with van der Waals surface area (Å²) in [6.45, 7) is 0. The van der Waals surface area contributed by atoms with Crippen LogP contribution in [0.25, 0.3) is 5.69 Å². The molecular formula is C20H19ClN4O2S. The van der Waals surface area contributed by atoms with Crippen molar-refractivity contribution in [1.82, 2.24) is 14.5 Å². The van der Waals surface area contributed by atoms with E-state index in [1.807, 2.05) is 29.0 Å². The Labute approximate surface area is 172 Å². The van der Waals surface area contributed by atoms with Gasteiger partial charge in [-0.15, -0.1) is 0 Å². The van der Waals surface area contributed by atoms with Crippen LogP contribution in [0.2, 0.25) is 5.02 Å². The van der Waals surface area contributed by atoms with E-state index in [0.717, 1.165) is 5.69 Å². The summed E-state index contributed by atoms with van der Waals surface area (Å²) in [6.07, 6.45) is 3.51. The van der Waals surface area contributed by atoms with E-state index in [0.29, 0.717) is 21.4 Å². The number of hydrogen-bond donors (Lipinski definition) is 1. The molecule has 3 rings (SSSR count). The minimum Gasteiger partial charge on any atom is -0.345 e. The predicted molar refractivity (Wildman–Crippen MR) is 112 cm³/mol. The third-order valence-corrected chi connectivity index (χ3v) is 5.05. The molecule has 0 bridgehead atoms. The van der Waals surface area contributed by atoms with Gasteiger partial charge in [-0.25, -0.2) is 4.98 Å². The van der Waals surface area contributed by atoms with Crippen molar-refractivity contribution in [1.29, 1.82) is 0 Å². The van der Waals surface area contributed by atoms with Gasteiger partial charge < -0.3 is 10.2 Å². The molecule has 1 heterocycles. The monoisotopic (exact) mass is 414 g/mol. The van der Waals surface area contributed by atoms with Crippen LogP contribution in [0.5, 0.6) is 0 Å². The average Bonchev–Trinajstić information content (AvgIpc) is 3.15. The number of amides is 2. The summed E-state index contributed by atoms with van der Waals surface area (Å²) in [7, 11) is 3.39. The van der Waals surface area contributed by atoms with Crippen LogP contribution in [-0.2, 0) is 4.79 Å². The van der Waals surface area contributed by atoms with E-state index in [1.165, 1.54) is 16.7 Å². The lowest BCUT2D eigenvalue weighted by Crippen LogP contribution is -2.21. The highest BCUT2D eigenvalue weighted by Crippen LogP contribution is 2.22. The third kappa shape index (κ3) is 4.94. The van der Waals surface area contributed by atoms with E-state index < -0.39 is 0 Å². The zero-order valence-electron chi connectivity index (χ0n) is 15.4. The van der Waals surface area contributed by atoms with Crippen LogP contribution in [-0.4, -0.2) is 46.1 Å². The van der Waals surface area contributed by atoms with Crippen LogP contribution in [0.4, 0.5) is 5.69 Å². The normalized spacial score (nSPS) is 10.5. The summed E-state index contributed by atoms with van der Waals surface area (Å²) >= 11 is 7.38. The second-order valence-corrected chi connectivity index (χ2v) is 7.55. The van der Waals surface area contributed by atoms with Gasteiger partial charge in [0.25, 0.3) is 5.91 Å². The van der Waals surface area contributed by atoms with Gasteiger partial charge >= 0.3 is 0 Å². The van der Waals surface area contributed by atoms with Crippen molar-refractivity contribution >= 4 is 40.9 Å². The maximum absolute atomic E-state index is 12.3. The summed E-state index contributed by atoms with van der Waals surface area (Å²) in [4.78, 5) is 30.0. The molecule has 144 valence electrons. The summed E-state index contributed by atoms with van der Waals surface area (Å²) in [5.74, 6) is -0.0331. The molecule has 0 radical (unpaired) electrons. The molecule has 0 atom stereocenters. The second kappa shape index (κ2) is 8.95. The van der Waals surface area contributed by atoms with Crippen molar-refractivity contribution in [3.8, 4) is 5.69 Å². The molecule has 0 aliphatic carbocycles. The van der Waals surface area contributed by atoms with Gasteiger partial charge in [0.05, 0.1) is 5.75 Å². The molecule has 28 heavy (non-hydrogen) atoms. The van der Waals surface area contributed by atoms with E-state index >= 15 is 0 Å². The minimum atomic E-state index is -0.155. The largest absolute Gasteiger partial charge is 0.345 e. The summed E-state index contributed by atoms with van der Waals surface area (Å²) in [6, 6.07) is 14.2. The number of thioether (sulfide) groups is 1. The number of rotatable bonds is 6. The highest BCUT2D eigenvalue weighted by Gasteiger charge is 2.11. The number of hydrogen-bond acceptors (Lipinski definition) is 4. The molecule has 1 aromatic heterocycles. The molecule has 0 saturated heterocycles. The average molecular weight is 415 g/mol. The molecule has 0 aliphatic heterocycles. The fraction of sp³-hybridized carbons (Fsp3) is 0.150. The fourth-order valence-corrected chi connectivity index (χ4v) is 3.46. The van der Waals surface area contributed by atoms with Gasteiger partial charge in [0, 0.05) is 48.4 Å². The number of anilines is 1. The summed E-state index contributed by atoms with van der Waals surface area (Å²) in [5, 5.41) is 4.16. The van der Waals surface area contributed by atoms with Crippen LogP contribution < -0.4 is 5.32 Å². The van der Waals surface area contributed by atoms with Gasteiger partial charge in [-0.3, -0.25) is 14.2 Å². The number of nitrogens with one attached hydrogen (secondary N) is 1. The maximum atomic E-state index is 12.3. The van der Waals surface area contributed by atoms with Crippen LogP contribution in [0, 0.1) is 0 Å². The Morgan fingerprint density at radius 3 is 2.61 bits per heavy atom. The Balaban J connectivity index is 1.60. The second-order valence-electron chi connectivity index (χ2n) is 6.17. The fourth-order valence-electron chi connectivity index (χ4n) is 2.50. The van der Waals surface area contributed by atoms with Crippen molar-refractivity contribution in [2.45, 2.75) is 5.16 Å². The van der Waals surface area contributed by atoms with E-state index in [2.05, 4.69) is 10.3 Å². The van der Waals surface area contributed by atoms with Crippen molar-refractivity contribution in [2.75, 3.05) is 25.2 Å². The molecule has 6 nitrogen and oxygen atoms in total. The number of imidazole rings is 1. The predicted octanol–water partition coefficient (Wildman–Crippen LogP) is 3.96. The molecule has 0 aliphatic rings. The first-order valence-corrected chi connectivity index (χ1v) is 9.84. The van der Waals surface area contributed by atoms with Gasteiger partial charge in [0.1, 0.15) is 0 Å². The Morgan fingerprint density at radius 2 is 1.93 bits per heavy atom. The van der Waals surface area contributed by atoms with E-state index in [9.17, 15) is 9.59 Å². The Kier molecular flexibility index (Phi) is 6.38. The zero-order valence-corrected chi connectivity index (χ0v) is 17.0. The highest BCUT2D eigenvalue weighted by atomic mass is 35.5. The maximum Gasteiger partial charge on any atom is 0.253 e. The third-order valence-electron chi connectivity index (χ3n) is 3.85.